The first-order valence-corrected chi connectivity index (χ1v) is 4.48. The SMILES string of the molecule is Cc1cc(C#N)c([N+](=O)[O-])c(C(O)C(=O)O)c1. The van der Waals surface area contributed by atoms with Crippen molar-refractivity contribution in [1.29, 1.82) is 5.26 Å². The first-order valence-electron chi connectivity index (χ1n) is 4.48. The van der Waals surface area contributed by atoms with E-state index < -0.39 is 22.7 Å². The molecular weight excluding hydrogens is 228 g/mol. The summed E-state index contributed by atoms with van der Waals surface area (Å²) < 4.78 is 0. The largest absolute Gasteiger partial charge is 0.479 e. The Morgan fingerprint density at radius 3 is 2.59 bits per heavy atom. The molecule has 0 spiro atoms. The van der Waals surface area contributed by atoms with Crippen LogP contribution in [0.25, 0.3) is 0 Å². The Morgan fingerprint density at radius 1 is 1.59 bits per heavy atom. The van der Waals surface area contributed by atoms with Crippen LogP contribution in [0.5, 0.6) is 0 Å². The van der Waals surface area contributed by atoms with Gasteiger partial charge in [-0.15, -0.1) is 0 Å². The fraction of sp³-hybridized carbons (Fsp3) is 0.200. The Kier molecular flexibility index (Phi) is 3.40. The third-order valence-electron chi connectivity index (χ3n) is 2.12. The van der Waals surface area contributed by atoms with Gasteiger partial charge in [-0.3, -0.25) is 10.1 Å². The van der Waals surface area contributed by atoms with Crippen LogP contribution in [0.1, 0.15) is 22.8 Å². The van der Waals surface area contributed by atoms with Crippen molar-refractivity contribution in [2.75, 3.05) is 0 Å². The predicted molar refractivity (Wildman–Crippen MR) is 55.1 cm³/mol. The molecule has 2 N–H and O–H groups in total. The Morgan fingerprint density at radius 2 is 2.18 bits per heavy atom. The molecule has 0 saturated heterocycles. The molecule has 7 nitrogen and oxygen atoms in total. The fourth-order valence-corrected chi connectivity index (χ4v) is 1.44. The maximum atomic E-state index is 10.8. The monoisotopic (exact) mass is 236 g/mol. The second-order valence-corrected chi connectivity index (χ2v) is 3.36. The number of aryl methyl sites for hydroxylation is 1. The summed E-state index contributed by atoms with van der Waals surface area (Å²) in [5, 5.41) is 37.5. The minimum atomic E-state index is -2.03. The van der Waals surface area contributed by atoms with Gasteiger partial charge >= 0.3 is 5.97 Å². The summed E-state index contributed by atoms with van der Waals surface area (Å²) in [4.78, 5) is 20.5. The van der Waals surface area contributed by atoms with E-state index in [0.29, 0.717) is 5.56 Å². The quantitative estimate of drug-likeness (QED) is 0.593. The Balaban J connectivity index is 3.58. The summed E-state index contributed by atoms with van der Waals surface area (Å²) in [5.41, 5.74) is -0.875. The second kappa shape index (κ2) is 4.59. The molecule has 0 saturated carbocycles. The summed E-state index contributed by atoms with van der Waals surface area (Å²) >= 11 is 0. The molecular formula is C10H8N2O5. The molecule has 0 aliphatic heterocycles. The maximum absolute atomic E-state index is 10.8. The van der Waals surface area contributed by atoms with Crippen molar-refractivity contribution in [1.82, 2.24) is 0 Å². The van der Waals surface area contributed by atoms with E-state index in [1.807, 2.05) is 0 Å². The van der Waals surface area contributed by atoms with Crippen LogP contribution in [0, 0.1) is 28.4 Å². The van der Waals surface area contributed by atoms with Crippen LogP contribution in [0.4, 0.5) is 5.69 Å². The van der Waals surface area contributed by atoms with Crippen molar-refractivity contribution in [3.8, 4) is 6.07 Å². The molecule has 17 heavy (non-hydrogen) atoms. The zero-order valence-electron chi connectivity index (χ0n) is 8.75. The number of carbonyl (C=O) groups is 1. The summed E-state index contributed by atoms with van der Waals surface area (Å²) in [6.07, 6.45) is -2.03. The molecule has 0 radical (unpaired) electrons. The van der Waals surface area contributed by atoms with Crippen LogP contribution in [0.2, 0.25) is 0 Å². The lowest BCUT2D eigenvalue weighted by Gasteiger charge is -2.08. The van der Waals surface area contributed by atoms with Gasteiger partial charge in [0.25, 0.3) is 5.69 Å². The van der Waals surface area contributed by atoms with Crippen molar-refractivity contribution >= 4 is 11.7 Å². The molecule has 0 bridgehead atoms. The summed E-state index contributed by atoms with van der Waals surface area (Å²) in [6.45, 7) is 1.54. The number of nitro groups is 1. The summed E-state index contributed by atoms with van der Waals surface area (Å²) in [6, 6.07) is 4.04. The number of benzene rings is 1. The van der Waals surface area contributed by atoms with Crippen LogP contribution in [0.15, 0.2) is 12.1 Å². The van der Waals surface area contributed by atoms with Gasteiger partial charge in [-0.25, -0.2) is 4.79 Å². The van der Waals surface area contributed by atoms with E-state index in [1.54, 1.807) is 13.0 Å². The lowest BCUT2D eigenvalue weighted by Crippen LogP contribution is -2.13. The van der Waals surface area contributed by atoms with E-state index in [2.05, 4.69) is 0 Å². The predicted octanol–water partition coefficient (Wildman–Crippen LogP) is 0.893. The van der Waals surface area contributed by atoms with E-state index in [-0.39, 0.29) is 11.1 Å². The van der Waals surface area contributed by atoms with Gasteiger partial charge in [-0.1, -0.05) is 0 Å². The highest BCUT2D eigenvalue weighted by atomic mass is 16.6. The van der Waals surface area contributed by atoms with E-state index in [9.17, 15) is 20.0 Å². The van der Waals surface area contributed by atoms with Crippen molar-refractivity contribution in [2.45, 2.75) is 13.0 Å². The number of aliphatic carboxylic acids is 1. The lowest BCUT2D eigenvalue weighted by atomic mass is 10.00. The molecule has 0 amide bonds. The average molecular weight is 236 g/mol. The normalized spacial score (nSPS) is 11.6. The average Bonchev–Trinajstić information content (AvgIpc) is 2.25. The van der Waals surface area contributed by atoms with E-state index in [1.165, 1.54) is 12.1 Å². The van der Waals surface area contributed by atoms with E-state index >= 15 is 0 Å². The van der Waals surface area contributed by atoms with E-state index in [0.717, 1.165) is 0 Å². The number of hydrogen-bond acceptors (Lipinski definition) is 5. The van der Waals surface area contributed by atoms with Crippen LogP contribution in [0.3, 0.4) is 0 Å². The molecule has 88 valence electrons. The van der Waals surface area contributed by atoms with Crippen LogP contribution < -0.4 is 0 Å². The highest BCUT2D eigenvalue weighted by Crippen LogP contribution is 2.30. The number of nitriles is 1. The van der Waals surface area contributed by atoms with Gasteiger partial charge < -0.3 is 10.2 Å². The molecule has 0 fully saturated rings. The maximum Gasteiger partial charge on any atom is 0.337 e. The fourth-order valence-electron chi connectivity index (χ4n) is 1.44. The molecule has 0 aliphatic rings. The minimum absolute atomic E-state index is 0.273. The zero-order chi connectivity index (χ0) is 13.2. The van der Waals surface area contributed by atoms with Crippen LogP contribution in [-0.2, 0) is 4.79 Å². The molecule has 1 aromatic carbocycles. The highest BCUT2D eigenvalue weighted by molar-refractivity contribution is 5.77. The first-order chi connectivity index (χ1) is 7.88. The number of rotatable bonds is 3. The number of carboxylic acid groups (broad SMARTS) is 1. The lowest BCUT2D eigenvalue weighted by molar-refractivity contribution is -0.386. The molecule has 7 heteroatoms. The Labute approximate surface area is 95.7 Å². The van der Waals surface area contributed by atoms with Gasteiger partial charge in [0.05, 0.1) is 10.5 Å². The molecule has 1 rings (SSSR count). The molecule has 1 unspecified atom stereocenters. The van der Waals surface area contributed by atoms with Crippen molar-refractivity contribution in [3.63, 3.8) is 0 Å². The standard InChI is InChI=1S/C10H8N2O5/c1-5-2-6(4-11)8(12(16)17)7(3-5)9(13)10(14)15/h2-3,9,13H,1H3,(H,14,15). The van der Waals surface area contributed by atoms with Crippen molar-refractivity contribution in [2.24, 2.45) is 0 Å². The van der Waals surface area contributed by atoms with E-state index in [4.69, 9.17) is 10.4 Å². The Bertz CT molecular complexity index is 532. The number of nitro benzene ring substituents is 1. The van der Waals surface area contributed by atoms with Gasteiger partial charge in [0.15, 0.2) is 6.10 Å². The second-order valence-electron chi connectivity index (χ2n) is 3.36. The molecule has 0 aliphatic carbocycles. The van der Waals surface area contributed by atoms with Gasteiger partial charge in [-0.2, -0.15) is 5.26 Å². The smallest absolute Gasteiger partial charge is 0.337 e. The third-order valence-corrected chi connectivity index (χ3v) is 2.12. The number of aliphatic hydroxyl groups is 1. The molecule has 0 heterocycles. The van der Waals surface area contributed by atoms with Crippen LogP contribution >= 0.6 is 0 Å². The number of aliphatic hydroxyl groups excluding tert-OH is 1. The first kappa shape index (κ1) is 12.6. The van der Waals surface area contributed by atoms with Gasteiger partial charge in [0.1, 0.15) is 11.6 Å². The topological polar surface area (TPSA) is 124 Å². The number of carboxylic acids is 1. The van der Waals surface area contributed by atoms with Gasteiger partial charge in [0.2, 0.25) is 0 Å². The number of nitrogens with zero attached hydrogens (tertiary/aromatic N) is 2. The highest BCUT2D eigenvalue weighted by Gasteiger charge is 2.29. The third kappa shape index (κ3) is 2.38. The van der Waals surface area contributed by atoms with Gasteiger partial charge in [-0.05, 0) is 24.6 Å². The zero-order valence-corrected chi connectivity index (χ0v) is 8.75. The summed E-state index contributed by atoms with van der Waals surface area (Å²) in [7, 11) is 0. The minimum Gasteiger partial charge on any atom is -0.479 e. The molecule has 0 aromatic heterocycles. The van der Waals surface area contributed by atoms with Crippen molar-refractivity contribution < 1.29 is 19.9 Å². The molecule has 1 aromatic rings. The van der Waals surface area contributed by atoms with Gasteiger partial charge in [0, 0.05) is 0 Å². The summed E-state index contributed by atoms with van der Waals surface area (Å²) in [5.74, 6) is -1.61. The Hall–Kier alpha value is -2.46. The molecule has 1 atom stereocenters. The van der Waals surface area contributed by atoms with Crippen LogP contribution in [-0.4, -0.2) is 21.1 Å². The van der Waals surface area contributed by atoms with Crippen molar-refractivity contribution in [3.05, 3.63) is 38.9 Å². The number of hydrogen-bond donors (Lipinski definition) is 2.